The summed E-state index contributed by atoms with van der Waals surface area (Å²) < 4.78 is 1.87. The Balaban J connectivity index is 1.34. The highest BCUT2D eigenvalue weighted by atomic mass is 16.1. The predicted molar refractivity (Wildman–Crippen MR) is 110 cm³/mol. The van der Waals surface area contributed by atoms with Crippen LogP contribution in [0.5, 0.6) is 0 Å². The van der Waals surface area contributed by atoms with Crippen molar-refractivity contribution in [1.29, 1.82) is 0 Å². The SMILES string of the molecule is O=c1c2ccc(N3CCN(C4CCCC4)CC3)cc2ncn1C1CCCC1. The fraction of sp³-hybridized carbons (Fsp3) is 0.636. The van der Waals surface area contributed by atoms with Crippen molar-refractivity contribution in [2.45, 2.75) is 63.5 Å². The number of rotatable bonds is 3. The number of nitrogens with zero attached hydrogens (tertiary/aromatic N) is 4. The smallest absolute Gasteiger partial charge is 0.261 e. The van der Waals surface area contributed by atoms with E-state index in [0.717, 1.165) is 56.0 Å². The van der Waals surface area contributed by atoms with Crippen molar-refractivity contribution >= 4 is 16.6 Å². The van der Waals surface area contributed by atoms with Crippen molar-refractivity contribution in [1.82, 2.24) is 14.5 Å². The molecule has 0 spiro atoms. The van der Waals surface area contributed by atoms with Gasteiger partial charge in [0.15, 0.2) is 0 Å². The first-order valence-electron chi connectivity index (χ1n) is 10.8. The summed E-state index contributed by atoms with van der Waals surface area (Å²) in [4.78, 5) is 22.7. The van der Waals surface area contributed by atoms with Gasteiger partial charge in [-0.2, -0.15) is 0 Å². The second-order valence-electron chi connectivity index (χ2n) is 8.56. The summed E-state index contributed by atoms with van der Waals surface area (Å²) in [5, 5.41) is 0.762. The number of piperazine rings is 1. The first kappa shape index (κ1) is 17.2. The molecule has 0 unspecified atom stereocenters. The molecule has 2 heterocycles. The monoisotopic (exact) mass is 366 g/mol. The molecule has 2 aliphatic carbocycles. The maximum atomic E-state index is 12.9. The van der Waals surface area contributed by atoms with Crippen LogP contribution in [0.2, 0.25) is 0 Å². The van der Waals surface area contributed by atoms with Gasteiger partial charge >= 0.3 is 0 Å². The number of anilines is 1. The van der Waals surface area contributed by atoms with Crippen LogP contribution >= 0.6 is 0 Å². The van der Waals surface area contributed by atoms with Crippen LogP contribution in [0.1, 0.15) is 57.4 Å². The van der Waals surface area contributed by atoms with E-state index in [2.05, 4.69) is 26.9 Å². The molecule has 2 saturated carbocycles. The van der Waals surface area contributed by atoms with Gasteiger partial charge < -0.3 is 4.90 Å². The third-order valence-electron chi connectivity index (χ3n) is 7.01. The Morgan fingerprint density at radius 3 is 2.22 bits per heavy atom. The molecule has 3 aliphatic rings. The van der Waals surface area contributed by atoms with Crippen molar-refractivity contribution in [3.8, 4) is 0 Å². The summed E-state index contributed by atoms with van der Waals surface area (Å²) in [7, 11) is 0. The van der Waals surface area contributed by atoms with Gasteiger partial charge in [0.1, 0.15) is 0 Å². The van der Waals surface area contributed by atoms with Gasteiger partial charge in [0.25, 0.3) is 5.56 Å². The Hall–Kier alpha value is -1.88. The van der Waals surface area contributed by atoms with Crippen LogP contribution in [0.3, 0.4) is 0 Å². The number of benzene rings is 1. The molecule has 27 heavy (non-hydrogen) atoms. The highest BCUT2D eigenvalue weighted by Gasteiger charge is 2.26. The first-order chi connectivity index (χ1) is 13.3. The molecular formula is C22H30N4O. The van der Waals surface area contributed by atoms with E-state index in [1.54, 1.807) is 6.33 Å². The van der Waals surface area contributed by atoms with E-state index < -0.39 is 0 Å². The average Bonchev–Trinajstić information content (AvgIpc) is 3.42. The Morgan fingerprint density at radius 2 is 1.52 bits per heavy atom. The summed E-state index contributed by atoms with van der Waals surface area (Å²) in [5.41, 5.74) is 2.17. The summed E-state index contributed by atoms with van der Waals surface area (Å²) in [6, 6.07) is 7.39. The normalized spacial score (nSPS) is 22.9. The van der Waals surface area contributed by atoms with Gasteiger partial charge in [-0.25, -0.2) is 4.98 Å². The minimum atomic E-state index is 0.129. The summed E-state index contributed by atoms with van der Waals surface area (Å²) >= 11 is 0. The van der Waals surface area contributed by atoms with Crippen LogP contribution < -0.4 is 10.5 Å². The van der Waals surface area contributed by atoms with Crippen LogP contribution in [0.15, 0.2) is 29.3 Å². The predicted octanol–water partition coefficient (Wildman–Crippen LogP) is 3.58. The number of aromatic nitrogens is 2. The van der Waals surface area contributed by atoms with Gasteiger partial charge in [0.2, 0.25) is 0 Å². The molecule has 1 saturated heterocycles. The maximum absolute atomic E-state index is 12.9. The third-order valence-corrected chi connectivity index (χ3v) is 7.01. The molecule has 0 atom stereocenters. The Morgan fingerprint density at radius 1 is 0.852 bits per heavy atom. The molecule has 2 aromatic rings. The van der Waals surface area contributed by atoms with Crippen LogP contribution in [-0.4, -0.2) is 46.7 Å². The lowest BCUT2D eigenvalue weighted by Gasteiger charge is -2.39. The molecule has 1 aliphatic heterocycles. The van der Waals surface area contributed by atoms with E-state index in [1.165, 1.54) is 44.2 Å². The first-order valence-corrected chi connectivity index (χ1v) is 10.8. The molecular weight excluding hydrogens is 336 g/mol. The second-order valence-corrected chi connectivity index (χ2v) is 8.56. The lowest BCUT2D eigenvalue weighted by atomic mass is 10.1. The highest BCUT2D eigenvalue weighted by Crippen LogP contribution is 2.29. The van der Waals surface area contributed by atoms with E-state index >= 15 is 0 Å². The summed E-state index contributed by atoms with van der Waals surface area (Å²) in [6.45, 7) is 4.45. The van der Waals surface area contributed by atoms with Crippen molar-refractivity contribution in [2.75, 3.05) is 31.1 Å². The molecule has 0 radical (unpaired) electrons. The Kier molecular flexibility index (Phi) is 4.64. The zero-order valence-corrected chi connectivity index (χ0v) is 16.1. The fourth-order valence-corrected chi connectivity index (χ4v) is 5.38. The van der Waals surface area contributed by atoms with E-state index in [-0.39, 0.29) is 5.56 Å². The van der Waals surface area contributed by atoms with Gasteiger partial charge in [0.05, 0.1) is 17.2 Å². The minimum Gasteiger partial charge on any atom is -0.369 e. The van der Waals surface area contributed by atoms with E-state index in [4.69, 9.17) is 0 Å². The lowest BCUT2D eigenvalue weighted by Crippen LogP contribution is -2.49. The number of fused-ring (bicyclic) bond motifs is 1. The van der Waals surface area contributed by atoms with Crippen LogP contribution in [0.25, 0.3) is 10.9 Å². The van der Waals surface area contributed by atoms with E-state index in [1.807, 2.05) is 10.6 Å². The largest absolute Gasteiger partial charge is 0.369 e. The van der Waals surface area contributed by atoms with Crippen molar-refractivity contribution in [3.63, 3.8) is 0 Å². The van der Waals surface area contributed by atoms with Crippen LogP contribution in [0.4, 0.5) is 5.69 Å². The van der Waals surface area contributed by atoms with Crippen molar-refractivity contribution in [2.24, 2.45) is 0 Å². The van der Waals surface area contributed by atoms with Gasteiger partial charge in [0, 0.05) is 44.0 Å². The molecule has 1 aromatic carbocycles. The standard InChI is InChI=1S/C22H30N4O/c27-22-20-10-9-19(15-21(20)23-16-26(22)18-7-3-4-8-18)25-13-11-24(12-14-25)17-5-1-2-6-17/h9-10,15-18H,1-8,11-14H2. The van der Waals surface area contributed by atoms with Gasteiger partial charge in [-0.1, -0.05) is 25.7 Å². The molecule has 5 heteroatoms. The molecule has 0 N–H and O–H groups in total. The Labute approximate surface area is 161 Å². The zero-order chi connectivity index (χ0) is 18.2. The van der Waals surface area contributed by atoms with E-state index in [0.29, 0.717) is 6.04 Å². The van der Waals surface area contributed by atoms with Crippen LogP contribution in [-0.2, 0) is 0 Å². The van der Waals surface area contributed by atoms with Gasteiger partial charge in [-0.3, -0.25) is 14.3 Å². The molecule has 144 valence electrons. The molecule has 3 fully saturated rings. The Bertz CT molecular complexity index is 856. The van der Waals surface area contributed by atoms with E-state index in [9.17, 15) is 4.79 Å². The summed E-state index contributed by atoms with van der Waals surface area (Å²) in [6.07, 6.45) is 12.0. The molecule has 0 bridgehead atoms. The maximum Gasteiger partial charge on any atom is 0.261 e. The molecule has 5 nitrogen and oxygen atoms in total. The summed E-state index contributed by atoms with van der Waals surface area (Å²) in [5.74, 6) is 0. The minimum absolute atomic E-state index is 0.129. The topological polar surface area (TPSA) is 41.4 Å². The zero-order valence-electron chi connectivity index (χ0n) is 16.1. The molecule has 0 amide bonds. The number of hydrogen-bond donors (Lipinski definition) is 0. The molecule has 5 rings (SSSR count). The third kappa shape index (κ3) is 3.27. The van der Waals surface area contributed by atoms with Crippen molar-refractivity contribution in [3.05, 3.63) is 34.9 Å². The van der Waals surface area contributed by atoms with Crippen LogP contribution in [0, 0.1) is 0 Å². The molecule has 1 aromatic heterocycles. The quantitative estimate of drug-likeness (QED) is 0.833. The second kappa shape index (κ2) is 7.27. The fourth-order valence-electron chi connectivity index (χ4n) is 5.38. The highest BCUT2D eigenvalue weighted by molar-refractivity contribution is 5.81. The van der Waals surface area contributed by atoms with Gasteiger partial charge in [-0.15, -0.1) is 0 Å². The van der Waals surface area contributed by atoms with Gasteiger partial charge in [-0.05, 0) is 43.9 Å². The average molecular weight is 367 g/mol. The van der Waals surface area contributed by atoms with Crippen molar-refractivity contribution < 1.29 is 0 Å². The lowest BCUT2D eigenvalue weighted by molar-refractivity contribution is 0.187. The number of hydrogen-bond acceptors (Lipinski definition) is 4.